The second-order valence-electron chi connectivity index (χ2n) is 8.02. The zero-order chi connectivity index (χ0) is 21.4. The maximum absolute atomic E-state index is 15.0. The molecule has 2 heterocycles. The number of ether oxygens (including phenoxy) is 1. The Labute approximate surface area is 169 Å². The molecule has 0 radical (unpaired) electrons. The number of aromatic nitrogens is 2. The van der Waals surface area contributed by atoms with E-state index in [4.69, 9.17) is 14.4 Å². The van der Waals surface area contributed by atoms with Crippen molar-refractivity contribution in [2.75, 3.05) is 7.11 Å². The van der Waals surface area contributed by atoms with Crippen LogP contribution < -0.4 is 4.74 Å². The van der Waals surface area contributed by atoms with Gasteiger partial charge in [0.25, 0.3) is 0 Å². The molecule has 2 aromatic heterocycles. The van der Waals surface area contributed by atoms with Crippen molar-refractivity contribution in [3.63, 3.8) is 0 Å². The largest absolute Gasteiger partial charge is 0.481 e. The van der Waals surface area contributed by atoms with E-state index in [1.807, 2.05) is 19.9 Å². The zero-order valence-corrected chi connectivity index (χ0v) is 17.3. The van der Waals surface area contributed by atoms with Gasteiger partial charge in [0.05, 0.1) is 30.2 Å². The van der Waals surface area contributed by atoms with E-state index >= 15 is 0 Å². The highest BCUT2D eigenvalue weighted by molar-refractivity contribution is 6.16. The number of benzene rings is 1. The van der Waals surface area contributed by atoms with Gasteiger partial charge in [-0.25, -0.2) is 13.8 Å². The van der Waals surface area contributed by atoms with Gasteiger partial charge in [0.1, 0.15) is 11.6 Å². The minimum Gasteiger partial charge on any atom is -0.481 e. The van der Waals surface area contributed by atoms with Crippen LogP contribution in [0.3, 0.4) is 0 Å². The Morgan fingerprint density at radius 2 is 1.79 bits per heavy atom. The van der Waals surface area contributed by atoms with Gasteiger partial charge in [-0.1, -0.05) is 13.8 Å². The maximum atomic E-state index is 15.0. The van der Waals surface area contributed by atoms with Crippen molar-refractivity contribution in [3.8, 4) is 5.88 Å². The monoisotopic (exact) mass is 402 g/mol. The summed E-state index contributed by atoms with van der Waals surface area (Å²) < 4.78 is 42.3. The fourth-order valence-electron chi connectivity index (χ4n) is 3.37. The van der Waals surface area contributed by atoms with Gasteiger partial charge in [0.15, 0.2) is 0 Å². The average Bonchev–Trinajstić information content (AvgIpc) is 3.07. The lowest BCUT2D eigenvalue weighted by Crippen LogP contribution is -2.46. The van der Waals surface area contributed by atoms with Crippen LogP contribution in [0.1, 0.15) is 38.8 Å². The van der Waals surface area contributed by atoms with E-state index in [9.17, 15) is 8.78 Å². The first-order valence-electron chi connectivity index (χ1n) is 9.33. The van der Waals surface area contributed by atoms with E-state index in [1.54, 1.807) is 36.9 Å². The first kappa shape index (κ1) is 21.3. The van der Waals surface area contributed by atoms with Crippen molar-refractivity contribution in [2.45, 2.75) is 45.3 Å². The molecule has 3 rings (SSSR count). The summed E-state index contributed by atoms with van der Waals surface area (Å²) in [5.74, 6) is -0.795. The summed E-state index contributed by atoms with van der Waals surface area (Å²) in [4.78, 5) is 4.14. The molecular formula is C21H25BF2N2O3. The van der Waals surface area contributed by atoms with Gasteiger partial charge in [-0.3, -0.25) is 0 Å². The third-order valence-electron chi connectivity index (χ3n) is 5.98. The molecule has 29 heavy (non-hydrogen) atoms. The van der Waals surface area contributed by atoms with Crippen LogP contribution in [0.25, 0.3) is 10.9 Å². The maximum Gasteiger partial charge on any atom is 0.435 e. The van der Waals surface area contributed by atoms with E-state index in [0.717, 1.165) is 10.9 Å². The molecule has 0 saturated heterocycles. The summed E-state index contributed by atoms with van der Waals surface area (Å²) >= 11 is 0. The molecule has 0 bridgehead atoms. The molecule has 5 nitrogen and oxygen atoms in total. The highest BCUT2D eigenvalue weighted by atomic mass is 19.1. The van der Waals surface area contributed by atoms with Gasteiger partial charge in [-0.15, -0.1) is 0 Å². The number of rotatable bonds is 7. The SMILES string of the molecule is COc1nccc2c1ccn2Cc1c(F)cc(C(C)(C)C(C)(C)OBO)cc1F. The molecule has 0 unspecified atom stereocenters. The lowest BCUT2D eigenvalue weighted by atomic mass is 9.71. The number of methoxy groups -OCH3 is 1. The van der Waals surface area contributed by atoms with Crippen molar-refractivity contribution in [3.05, 3.63) is 59.4 Å². The summed E-state index contributed by atoms with van der Waals surface area (Å²) in [5, 5.41) is 9.92. The summed E-state index contributed by atoms with van der Waals surface area (Å²) in [5.41, 5.74) is -0.369. The Bertz CT molecular complexity index is 1010. The molecule has 0 aliphatic carbocycles. The molecule has 0 atom stereocenters. The van der Waals surface area contributed by atoms with Crippen LogP contribution in [0.4, 0.5) is 8.78 Å². The normalized spacial score (nSPS) is 12.4. The molecule has 1 N–H and O–H groups in total. The summed E-state index contributed by atoms with van der Waals surface area (Å²) in [7, 11) is 1.05. The van der Waals surface area contributed by atoms with Crippen LogP contribution in [-0.2, 0) is 16.6 Å². The van der Waals surface area contributed by atoms with E-state index in [0.29, 0.717) is 11.4 Å². The Morgan fingerprint density at radius 3 is 2.38 bits per heavy atom. The fourth-order valence-corrected chi connectivity index (χ4v) is 3.37. The summed E-state index contributed by atoms with van der Waals surface area (Å²) in [6, 6.07) is 6.27. The van der Waals surface area contributed by atoms with Gasteiger partial charge in [0, 0.05) is 23.4 Å². The molecule has 0 fully saturated rings. The van der Waals surface area contributed by atoms with Gasteiger partial charge in [-0.05, 0) is 43.7 Å². The van der Waals surface area contributed by atoms with Crippen molar-refractivity contribution in [1.82, 2.24) is 9.55 Å². The third kappa shape index (κ3) is 3.74. The van der Waals surface area contributed by atoms with Crippen LogP contribution in [0, 0.1) is 11.6 Å². The molecule has 0 aliphatic heterocycles. The second kappa shape index (κ2) is 7.76. The molecule has 3 aromatic rings. The summed E-state index contributed by atoms with van der Waals surface area (Å²) in [6.07, 6.45) is 3.35. The van der Waals surface area contributed by atoms with Crippen LogP contribution in [0.5, 0.6) is 5.88 Å². The topological polar surface area (TPSA) is 56.5 Å². The first-order chi connectivity index (χ1) is 13.6. The number of pyridine rings is 1. The number of hydrogen-bond donors (Lipinski definition) is 1. The number of hydrogen-bond acceptors (Lipinski definition) is 4. The predicted octanol–water partition coefficient (Wildman–Crippen LogP) is 3.70. The molecule has 8 heteroatoms. The fraction of sp³-hybridized carbons (Fsp3) is 0.381. The highest BCUT2D eigenvalue weighted by Gasteiger charge is 2.40. The van der Waals surface area contributed by atoms with E-state index < -0.39 is 30.3 Å². The minimum absolute atomic E-state index is 0.0290. The molecule has 0 spiro atoms. The molecule has 0 aliphatic rings. The second-order valence-corrected chi connectivity index (χ2v) is 8.02. The predicted molar refractivity (Wildman–Crippen MR) is 109 cm³/mol. The average molecular weight is 402 g/mol. The smallest absolute Gasteiger partial charge is 0.435 e. The highest BCUT2D eigenvalue weighted by Crippen LogP contribution is 2.38. The Hall–Kier alpha value is -2.45. The molecular weight excluding hydrogens is 377 g/mol. The van der Waals surface area contributed by atoms with Gasteiger partial charge in [0.2, 0.25) is 5.88 Å². The van der Waals surface area contributed by atoms with Crippen LogP contribution in [0.2, 0.25) is 0 Å². The van der Waals surface area contributed by atoms with Gasteiger partial charge < -0.3 is 19.0 Å². The molecule has 0 amide bonds. The number of fused-ring (bicyclic) bond motifs is 1. The lowest BCUT2D eigenvalue weighted by molar-refractivity contribution is 0.0254. The Balaban J connectivity index is 1.99. The van der Waals surface area contributed by atoms with Gasteiger partial charge >= 0.3 is 7.69 Å². The Morgan fingerprint density at radius 1 is 1.14 bits per heavy atom. The molecule has 1 aromatic carbocycles. The van der Waals surface area contributed by atoms with Crippen molar-refractivity contribution >= 4 is 18.6 Å². The van der Waals surface area contributed by atoms with Crippen molar-refractivity contribution in [2.24, 2.45) is 0 Å². The third-order valence-corrected chi connectivity index (χ3v) is 5.98. The minimum atomic E-state index is -0.831. The van der Waals surface area contributed by atoms with Crippen molar-refractivity contribution in [1.29, 1.82) is 0 Å². The molecule has 0 saturated carbocycles. The van der Waals surface area contributed by atoms with Crippen LogP contribution in [0.15, 0.2) is 36.7 Å². The van der Waals surface area contributed by atoms with Crippen LogP contribution >= 0.6 is 0 Å². The van der Waals surface area contributed by atoms with Gasteiger partial charge in [-0.2, -0.15) is 0 Å². The summed E-state index contributed by atoms with van der Waals surface area (Å²) in [6.45, 7) is 7.25. The van der Waals surface area contributed by atoms with Crippen molar-refractivity contribution < 1.29 is 23.2 Å². The van der Waals surface area contributed by atoms with Crippen LogP contribution in [-0.4, -0.2) is 35.0 Å². The van der Waals surface area contributed by atoms with E-state index in [2.05, 4.69) is 4.98 Å². The number of halogens is 2. The first-order valence-corrected chi connectivity index (χ1v) is 9.33. The lowest BCUT2D eigenvalue weighted by Gasteiger charge is -2.42. The standard InChI is InChI=1S/C21H25BF2N2O3/c1-20(2,21(3,4)29-22-27)13-10-16(23)15(17(24)11-13)12-26-9-7-14-18(26)6-8-25-19(14)28-5/h6-11,22,27H,12H2,1-5H3. The zero-order valence-electron chi connectivity index (χ0n) is 17.3. The quantitative estimate of drug-likeness (QED) is 0.613. The number of nitrogens with zero attached hydrogens (tertiary/aromatic N) is 2. The Kier molecular flexibility index (Phi) is 5.69. The molecule has 154 valence electrons. The van der Waals surface area contributed by atoms with E-state index in [-0.39, 0.29) is 12.1 Å². The van der Waals surface area contributed by atoms with E-state index in [1.165, 1.54) is 19.2 Å².